The van der Waals surface area contributed by atoms with Gasteiger partial charge < -0.3 is 0 Å². The molecule has 0 aliphatic heterocycles. The van der Waals surface area contributed by atoms with Crippen LogP contribution in [0.15, 0.2) is 0 Å². The molecule has 8 heavy (non-hydrogen) atoms. The van der Waals surface area contributed by atoms with Crippen LogP contribution >= 0.6 is 0 Å². The molecule has 0 radical (unpaired) electrons. The van der Waals surface area contributed by atoms with Gasteiger partial charge in [0, 0.05) is 0 Å². The van der Waals surface area contributed by atoms with Crippen LogP contribution in [-0.4, -0.2) is 23.9 Å². The molecule has 0 amide bonds. The van der Waals surface area contributed by atoms with Crippen LogP contribution in [0.5, 0.6) is 0 Å². The average Bonchev–Trinajstić information content (AvgIpc) is 1.69. The Labute approximate surface area is 70.0 Å². The maximum Gasteiger partial charge on any atom is 4.00 e. The van der Waals surface area contributed by atoms with Crippen molar-refractivity contribution in [3.63, 3.8) is 0 Å². The first kappa shape index (κ1) is 11.6. The van der Waals surface area contributed by atoms with Gasteiger partial charge >= 0.3 is 23.9 Å². The van der Waals surface area contributed by atoms with Gasteiger partial charge in [-0.1, -0.05) is 46.0 Å². The van der Waals surface area contributed by atoms with E-state index >= 15 is 0 Å². The molecule has 1 heteroatoms. The van der Waals surface area contributed by atoms with Crippen LogP contribution in [-0.2, 0) is 0 Å². The molecule has 0 unspecified atom stereocenters. The molecule has 0 aliphatic carbocycles. The van der Waals surface area contributed by atoms with E-state index < -0.39 is 0 Å². The van der Waals surface area contributed by atoms with Gasteiger partial charge in [-0.3, -0.25) is 0 Å². The van der Waals surface area contributed by atoms with Crippen LogP contribution < -0.4 is 0 Å². The fourth-order valence-corrected chi connectivity index (χ4v) is 0.677. The van der Waals surface area contributed by atoms with Crippen LogP contribution in [0, 0.1) is 0 Å². The van der Waals surface area contributed by atoms with E-state index in [0.717, 1.165) is 0 Å². The third kappa shape index (κ3) is 9.93. The van der Waals surface area contributed by atoms with E-state index in [1.54, 1.807) is 0 Å². The first-order valence-corrected chi connectivity index (χ1v) is 3.41. The van der Waals surface area contributed by atoms with Crippen molar-refractivity contribution >= 4 is 23.9 Å². The molecule has 0 saturated carbocycles. The maximum atomic E-state index is 2.25. The zero-order valence-corrected chi connectivity index (χ0v) is 8.89. The summed E-state index contributed by atoms with van der Waals surface area (Å²) in [7, 11) is 0. The Kier molecular flexibility index (Phi) is 15.5. The fraction of sp³-hybridized carbons (Fsp3) is 1.00. The first-order chi connectivity index (χ1) is 3.41. The van der Waals surface area contributed by atoms with Crippen molar-refractivity contribution in [2.24, 2.45) is 0 Å². The van der Waals surface area contributed by atoms with E-state index in [9.17, 15) is 0 Å². The molecule has 0 saturated heterocycles. The molecule has 0 aromatic carbocycles. The zero-order valence-electron chi connectivity index (χ0n) is 6.04. The third-order valence-corrected chi connectivity index (χ3v) is 1.21. The Bertz CT molecular complexity index is 23.6. The smallest absolute Gasteiger partial charge is 0.0654 e. The number of hydrogen-bond donors (Lipinski definition) is 0. The van der Waals surface area contributed by atoms with Crippen molar-refractivity contribution in [3.05, 3.63) is 0 Å². The second-order valence-corrected chi connectivity index (χ2v) is 2.06. The SMILES string of the molecule is CCCCCCC.[Sn+4]. The first-order valence-electron chi connectivity index (χ1n) is 3.41. The van der Waals surface area contributed by atoms with Crippen molar-refractivity contribution in [3.8, 4) is 0 Å². The minimum atomic E-state index is 0. The molecule has 0 aromatic rings. The predicted octanol–water partition coefficient (Wildman–Crippen LogP) is 2.60. The summed E-state index contributed by atoms with van der Waals surface area (Å²) in [5.41, 5.74) is 0. The Balaban J connectivity index is 0. The van der Waals surface area contributed by atoms with Crippen molar-refractivity contribution in [2.75, 3.05) is 0 Å². The number of unbranched alkanes of at least 4 members (excludes halogenated alkanes) is 4. The van der Waals surface area contributed by atoms with Gasteiger partial charge in [0.05, 0.1) is 0 Å². The van der Waals surface area contributed by atoms with E-state index in [2.05, 4.69) is 13.8 Å². The molecule has 44 valence electrons. The normalized spacial score (nSPS) is 8.25. The minimum absolute atomic E-state index is 0. The standard InChI is InChI=1S/C7H16.Sn/c1-3-5-7-6-4-2;/h3-7H2,1-2H3;/q;+4. The van der Waals surface area contributed by atoms with Crippen molar-refractivity contribution in [1.29, 1.82) is 0 Å². The number of hydrogen-bond acceptors (Lipinski definition) is 0. The molecule has 0 spiro atoms. The van der Waals surface area contributed by atoms with Gasteiger partial charge in [-0.15, -0.1) is 0 Å². The van der Waals surface area contributed by atoms with Crippen LogP contribution in [0.3, 0.4) is 0 Å². The molecule has 0 rings (SSSR count). The van der Waals surface area contributed by atoms with Gasteiger partial charge in [0.25, 0.3) is 0 Å². The van der Waals surface area contributed by atoms with Gasteiger partial charge in [-0.05, 0) is 0 Å². The average molecular weight is 219 g/mol. The van der Waals surface area contributed by atoms with E-state index in [1.807, 2.05) is 0 Å². The molecule has 0 nitrogen and oxygen atoms in total. The van der Waals surface area contributed by atoms with E-state index in [-0.39, 0.29) is 23.9 Å². The Morgan fingerprint density at radius 1 is 0.750 bits per heavy atom. The second-order valence-electron chi connectivity index (χ2n) is 2.06. The van der Waals surface area contributed by atoms with Crippen LogP contribution in [0.1, 0.15) is 46.0 Å². The van der Waals surface area contributed by atoms with Gasteiger partial charge in [-0.2, -0.15) is 0 Å². The van der Waals surface area contributed by atoms with Crippen molar-refractivity contribution < 1.29 is 0 Å². The van der Waals surface area contributed by atoms with Gasteiger partial charge in [0.15, 0.2) is 0 Å². The molecule has 0 atom stereocenters. The van der Waals surface area contributed by atoms with Gasteiger partial charge in [0.2, 0.25) is 0 Å². The number of rotatable bonds is 4. The molecular weight excluding hydrogens is 203 g/mol. The van der Waals surface area contributed by atoms with E-state index in [4.69, 9.17) is 0 Å². The van der Waals surface area contributed by atoms with Crippen molar-refractivity contribution in [1.82, 2.24) is 0 Å². The molecule has 0 heterocycles. The summed E-state index contributed by atoms with van der Waals surface area (Å²) < 4.78 is 0. The molecule has 0 fully saturated rings. The van der Waals surface area contributed by atoms with E-state index in [1.165, 1.54) is 32.1 Å². The summed E-state index contributed by atoms with van der Waals surface area (Å²) in [6, 6.07) is 0. The van der Waals surface area contributed by atoms with E-state index in [0.29, 0.717) is 0 Å². The largest absolute Gasteiger partial charge is 4.00 e. The summed E-state index contributed by atoms with van der Waals surface area (Å²) in [5, 5.41) is 0. The summed E-state index contributed by atoms with van der Waals surface area (Å²) in [5.74, 6) is 0. The topological polar surface area (TPSA) is 0 Å². The summed E-state index contributed by atoms with van der Waals surface area (Å²) in [6.07, 6.45) is 7.01. The monoisotopic (exact) mass is 220 g/mol. The van der Waals surface area contributed by atoms with Gasteiger partial charge in [-0.25, -0.2) is 0 Å². The Morgan fingerprint density at radius 2 is 1.12 bits per heavy atom. The van der Waals surface area contributed by atoms with Crippen LogP contribution in [0.2, 0.25) is 0 Å². The molecule has 0 bridgehead atoms. The van der Waals surface area contributed by atoms with Crippen LogP contribution in [0.25, 0.3) is 0 Å². The molecule has 0 aliphatic rings. The minimum Gasteiger partial charge on any atom is -0.0654 e. The molecule has 0 aromatic heterocycles. The second kappa shape index (κ2) is 10.7. The van der Waals surface area contributed by atoms with Crippen molar-refractivity contribution in [2.45, 2.75) is 46.0 Å². The molecule has 0 N–H and O–H groups in total. The van der Waals surface area contributed by atoms with Gasteiger partial charge in [0.1, 0.15) is 0 Å². The fourth-order valence-electron chi connectivity index (χ4n) is 0.677. The summed E-state index contributed by atoms with van der Waals surface area (Å²) in [6.45, 7) is 4.49. The van der Waals surface area contributed by atoms with Crippen LogP contribution in [0.4, 0.5) is 0 Å². The Hall–Kier alpha value is 0.799. The summed E-state index contributed by atoms with van der Waals surface area (Å²) >= 11 is 0. The quantitative estimate of drug-likeness (QED) is 0.503. The summed E-state index contributed by atoms with van der Waals surface area (Å²) in [4.78, 5) is 0. The zero-order chi connectivity index (χ0) is 5.54. The molecular formula is C7H16Sn+4. The predicted molar refractivity (Wildman–Crippen MR) is 40.2 cm³/mol. The maximum absolute atomic E-state index is 2.25. The Morgan fingerprint density at radius 3 is 1.38 bits per heavy atom. The third-order valence-electron chi connectivity index (χ3n) is 1.21.